The van der Waals surface area contributed by atoms with Crippen LogP contribution in [0.4, 0.5) is 5.69 Å². The van der Waals surface area contributed by atoms with Crippen LogP contribution in [0.1, 0.15) is 11.1 Å². The average Bonchev–Trinajstić information content (AvgIpc) is 2.61. The Hall–Kier alpha value is -3.32. The lowest BCUT2D eigenvalue weighted by Crippen LogP contribution is -2.32. The lowest BCUT2D eigenvalue weighted by atomic mass is 10.1. The number of carboxylic acids is 1. The van der Waals surface area contributed by atoms with Gasteiger partial charge in [-0.05, 0) is 47.9 Å². The van der Waals surface area contributed by atoms with Gasteiger partial charge in [-0.1, -0.05) is 18.2 Å². The smallest absolute Gasteiger partial charge is 0.320 e. The van der Waals surface area contributed by atoms with Gasteiger partial charge in [-0.2, -0.15) is 0 Å². The maximum Gasteiger partial charge on any atom is 0.320 e. The minimum Gasteiger partial charge on any atom is -0.504 e. The lowest BCUT2D eigenvalue weighted by molar-refractivity contribution is -0.138. The molecule has 0 unspecified atom stereocenters. The lowest BCUT2D eigenvalue weighted by Gasteiger charge is -2.08. The zero-order valence-corrected chi connectivity index (χ0v) is 14.2. The molecule has 0 spiro atoms. The molecule has 0 aliphatic rings. The second kappa shape index (κ2) is 8.68. The van der Waals surface area contributed by atoms with Crippen molar-refractivity contribution in [1.29, 1.82) is 0 Å². The zero-order chi connectivity index (χ0) is 19.1. The number of nitrogens with two attached hydrogens (primary N) is 1. The number of carbonyl (C=O) groups excluding carboxylic acids is 1. The van der Waals surface area contributed by atoms with Crippen LogP contribution in [0.3, 0.4) is 0 Å². The van der Waals surface area contributed by atoms with E-state index in [1.54, 1.807) is 42.5 Å². The second-order valence-corrected chi connectivity index (χ2v) is 5.60. The Bertz CT molecular complexity index is 832. The minimum absolute atomic E-state index is 0.0190. The van der Waals surface area contributed by atoms with Crippen LogP contribution in [0.15, 0.2) is 48.5 Å². The molecule has 0 heterocycles. The van der Waals surface area contributed by atoms with Gasteiger partial charge in [-0.3, -0.25) is 9.59 Å². The maximum absolute atomic E-state index is 12.1. The normalized spacial score (nSPS) is 11.9. The first-order chi connectivity index (χ1) is 12.4. The number of hydrogen-bond donors (Lipinski definition) is 4. The van der Waals surface area contributed by atoms with Gasteiger partial charge in [0.2, 0.25) is 5.91 Å². The van der Waals surface area contributed by atoms with Crippen molar-refractivity contribution >= 4 is 23.6 Å². The Kier molecular flexibility index (Phi) is 6.35. The number of benzene rings is 2. The highest BCUT2D eigenvalue weighted by molar-refractivity contribution is 6.02. The molecule has 0 fully saturated rings. The molecule has 5 N–H and O–H groups in total. The van der Waals surface area contributed by atoms with Crippen molar-refractivity contribution in [3.63, 3.8) is 0 Å². The van der Waals surface area contributed by atoms with E-state index in [1.807, 2.05) is 0 Å². The first-order valence-electron chi connectivity index (χ1n) is 7.82. The summed E-state index contributed by atoms with van der Waals surface area (Å²) in [5.41, 5.74) is 7.46. The number of anilines is 1. The van der Waals surface area contributed by atoms with E-state index in [2.05, 4.69) is 5.32 Å². The van der Waals surface area contributed by atoms with Crippen molar-refractivity contribution in [2.45, 2.75) is 12.5 Å². The van der Waals surface area contributed by atoms with E-state index in [0.29, 0.717) is 22.6 Å². The van der Waals surface area contributed by atoms with Gasteiger partial charge in [0.05, 0.1) is 7.11 Å². The standard InChI is InChI=1S/C19H20N2O5/c1-26-17-11-12(5-7-16(17)22)6-8-18(23)21-14-4-2-3-13(9-14)10-15(20)19(24)25/h2-9,11,15,22H,10,20H2,1H3,(H,21,23)(H,24,25)/b8-6+/t15-/m0/s1. The molecule has 26 heavy (non-hydrogen) atoms. The molecule has 0 aromatic heterocycles. The summed E-state index contributed by atoms with van der Waals surface area (Å²) in [4.78, 5) is 22.9. The fourth-order valence-corrected chi connectivity index (χ4v) is 2.27. The van der Waals surface area contributed by atoms with Crippen molar-refractivity contribution in [3.8, 4) is 11.5 Å². The van der Waals surface area contributed by atoms with Crippen molar-refractivity contribution in [2.24, 2.45) is 5.73 Å². The van der Waals surface area contributed by atoms with Gasteiger partial charge in [0, 0.05) is 11.8 Å². The molecule has 0 aliphatic heterocycles. The predicted octanol–water partition coefficient (Wildman–Crippen LogP) is 2.01. The van der Waals surface area contributed by atoms with E-state index in [0.717, 1.165) is 0 Å². The van der Waals surface area contributed by atoms with Crippen molar-refractivity contribution < 1.29 is 24.5 Å². The Balaban J connectivity index is 2.02. The number of carbonyl (C=O) groups is 2. The summed E-state index contributed by atoms with van der Waals surface area (Å²) in [6.07, 6.45) is 3.10. The molecule has 2 aromatic carbocycles. The van der Waals surface area contributed by atoms with E-state index in [9.17, 15) is 14.7 Å². The molecule has 0 saturated carbocycles. The first-order valence-corrected chi connectivity index (χ1v) is 7.82. The van der Waals surface area contributed by atoms with Gasteiger partial charge in [0.15, 0.2) is 11.5 Å². The van der Waals surface area contributed by atoms with Gasteiger partial charge >= 0.3 is 5.97 Å². The van der Waals surface area contributed by atoms with Crippen molar-refractivity contribution in [3.05, 3.63) is 59.7 Å². The Morgan fingerprint density at radius 2 is 2.04 bits per heavy atom. The summed E-state index contributed by atoms with van der Waals surface area (Å²) in [6.45, 7) is 0. The van der Waals surface area contributed by atoms with Crippen LogP contribution in [0.5, 0.6) is 11.5 Å². The van der Waals surface area contributed by atoms with Gasteiger partial charge in [0.25, 0.3) is 0 Å². The Labute approximate surface area is 150 Å². The third-order valence-corrected chi connectivity index (χ3v) is 3.60. The molecule has 2 aromatic rings. The van der Waals surface area contributed by atoms with Crippen LogP contribution >= 0.6 is 0 Å². The van der Waals surface area contributed by atoms with Crippen LogP contribution in [0.2, 0.25) is 0 Å². The second-order valence-electron chi connectivity index (χ2n) is 5.60. The number of phenolic OH excluding ortho intramolecular Hbond substituents is 1. The molecule has 2 rings (SSSR count). The summed E-state index contributed by atoms with van der Waals surface area (Å²) >= 11 is 0. The van der Waals surface area contributed by atoms with Crippen LogP contribution in [0, 0.1) is 0 Å². The third kappa shape index (κ3) is 5.35. The van der Waals surface area contributed by atoms with Gasteiger partial charge in [-0.25, -0.2) is 0 Å². The molecule has 1 amide bonds. The van der Waals surface area contributed by atoms with Crippen LogP contribution in [-0.4, -0.2) is 35.2 Å². The molecule has 0 aliphatic carbocycles. The molecule has 136 valence electrons. The summed E-state index contributed by atoms with van der Waals surface area (Å²) < 4.78 is 5.01. The molecule has 0 bridgehead atoms. The molecule has 1 atom stereocenters. The van der Waals surface area contributed by atoms with Gasteiger partial charge in [0.1, 0.15) is 6.04 Å². The van der Waals surface area contributed by atoms with E-state index in [4.69, 9.17) is 15.6 Å². The van der Waals surface area contributed by atoms with E-state index in [-0.39, 0.29) is 18.1 Å². The Morgan fingerprint density at radius 1 is 1.27 bits per heavy atom. The van der Waals surface area contributed by atoms with E-state index >= 15 is 0 Å². The van der Waals surface area contributed by atoms with Crippen molar-refractivity contribution in [2.75, 3.05) is 12.4 Å². The number of methoxy groups -OCH3 is 1. The largest absolute Gasteiger partial charge is 0.504 e. The monoisotopic (exact) mass is 356 g/mol. The minimum atomic E-state index is -1.08. The molecule has 7 heteroatoms. The van der Waals surface area contributed by atoms with Crippen LogP contribution < -0.4 is 15.8 Å². The first kappa shape index (κ1) is 19.0. The third-order valence-electron chi connectivity index (χ3n) is 3.60. The zero-order valence-electron chi connectivity index (χ0n) is 14.2. The average molecular weight is 356 g/mol. The summed E-state index contributed by atoms with van der Waals surface area (Å²) in [5.74, 6) is -1.09. The maximum atomic E-state index is 12.1. The number of phenols is 1. The molecule has 7 nitrogen and oxygen atoms in total. The molecule has 0 radical (unpaired) electrons. The van der Waals surface area contributed by atoms with Crippen LogP contribution in [-0.2, 0) is 16.0 Å². The summed E-state index contributed by atoms with van der Waals surface area (Å²) in [7, 11) is 1.44. The number of carboxylic acid groups (broad SMARTS) is 1. The number of hydrogen-bond acceptors (Lipinski definition) is 5. The molecular formula is C19H20N2O5. The van der Waals surface area contributed by atoms with Gasteiger partial charge in [-0.15, -0.1) is 0 Å². The summed E-state index contributed by atoms with van der Waals surface area (Å²) in [5, 5.41) is 21.1. The van der Waals surface area contributed by atoms with E-state index in [1.165, 1.54) is 19.3 Å². The fraction of sp³-hybridized carbons (Fsp3) is 0.158. The number of aliphatic carboxylic acids is 1. The number of rotatable bonds is 7. The highest BCUT2D eigenvalue weighted by Gasteiger charge is 2.12. The SMILES string of the molecule is COc1cc(/C=C/C(=O)Nc2cccc(C[C@H](N)C(=O)O)c2)ccc1O. The van der Waals surface area contributed by atoms with Gasteiger partial charge < -0.3 is 26.0 Å². The molecule has 0 saturated heterocycles. The fourth-order valence-electron chi connectivity index (χ4n) is 2.27. The summed E-state index contributed by atoms with van der Waals surface area (Å²) in [6, 6.07) is 10.6. The quantitative estimate of drug-likeness (QED) is 0.563. The highest BCUT2D eigenvalue weighted by atomic mass is 16.5. The number of amides is 1. The highest BCUT2D eigenvalue weighted by Crippen LogP contribution is 2.26. The van der Waals surface area contributed by atoms with Crippen molar-refractivity contribution in [1.82, 2.24) is 0 Å². The van der Waals surface area contributed by atoms with E-state index < -0.39 is 12.0 Å². The Morgan fingerprint density at radius 3 is 2.73 bits per heavy atom. The molecular weight excluding hydrogens is 336 g/mol. The number of nitrogens with one attached hydrogen (secondary N) is 1. The topological polar surface area (TPSA) is 122 Å². The predicted molar refractivity (Wildman–Crippen MR) is 98.1 cm³/mol. The number of ether oxygens (including phenoxy) is 1. The number of aromatic hydroxyl groups is 1. The van der Waals surface area contributed by atoms with Crippen LogP contribution in [0.25, 0.3) is 6.08 Å².